The van der Waals surface area contributed by atoms with Gasteiger partial charge in [0, 0.05) is 0 Å². The first-order chi connectivity index (χ1) is 9.24. The van der Waals surface area contributed by atoms with Crippen LogP contribution in [0.5, 0.6) is 11.5 Å². The molecule has 1 aliphatic carbocycles. The van der Waals surface area contributed by atoms with Crippen molar-refractivity contribution >= 4 is 5.78 Å². The summed E-state index contributed by atoms with van der Waals surface area (Å²) in [5.41, 5.74) is 1.82. The molecule has 1 fully saturated rings. The lowest BCUT2D eigenvalue weighted by molar-refractivity contribution is 0.104. The minimum Gasteiger partial charge on any atom is -0.497 e. The highest BCUT2D eigenvalue weighted by Gasteiger charge is 2.14. The summed E-state index contributed by atoms with van der Waals surface area (Å²) in [4.78, 5) is 12.3. The smallest absolute Gasteiger partial charge is 0.189 e. The predicted octanol–water partition coefficient (Wildman–Crippen LogP) is 3.78. The molecule has 1 aliphatic rings. The Hall–Kier alpha value is -1.77. The van der Waals surface area contributed by atoms with Gasteiger partial charge in [-0.05, 0) is 50.0 Å². The maximum Gasteiger partial charge on any atom is 0.189 e. The minimum atomic E-state index is 0.00708. The molecule has 1 aromatic rings. The summed E-state index contributed by atoms with van der Waals surface area (Å²) in [5.74, 6) is 1.28. The standard InChI is InChI=1S/C16H20O3/c1-18-13-8-9-16(19-2)14(11-13)15(17)10-12-6-4-3-5-7-12/h8-11H,3-7H2,1-2H3. The van der Waals surface area contributed by atoms with Crippen molar-refractivity contribution in [2.45, 2.75) is 32.1 Å². The van der Waals surface area contributed by atoms with Crippen LogP contribution < -0.4 is 9.47 Å². The average molecular weight is 260 g/mol. The van der Waals surface area contributed by atoms with Crippen molar-refractivity contribution in [3.05, 3.63) is 35.4 Å². The summed E-state index contributed by atoms with van der Waals surface area (Å²) in [6, 6.07) is 5.30. The van der Waals surface area contributed by atoms with E-state index in [0.29, 0.717) is 17.1 Å². The van der Waals surface area contributed by atoms with E-state index < -0.39 is 0 Å². The first kappa shape index (κ1) is 13.7. The fourth-order valence-electron chi connectivity index (χ4n) is 2.42. The number of allylic oxidation sites excluding steroid dienone is 2. The Balaban J connectivity index is 2.26. The molecule has 0 aliphatic heterocycles. The van der Waals surface area contributed by atoms with E-state index in [0.717, 1.165) is 12.8 Å². The third-order valence-electron chi connectivity index (χ3n) is 3.50. The van der Waals surface area contributed by atoms with Gasteiger partial charge in [-0.3, -0.25) is 4.79 Å². The van der Waals surface area contributed by atoms with Crippen LogP contribution in [-0.2, 0) is 0 Å². The Morgan fingerprint density at radius 2 is 1.84 bits per heavy atom. The summed E-state index contributed by atoms with van der Waals surface area (Å²) < 4.78 is 10.4. The maximum absolute atomic E-state index is 12.3. The molecule has 19 heavy (non-hydrogen) atoms. The minimum absolute atomic E-state index is 0.00708. The summed E-state index contributed by atoms with van der Waals surface area (Å²) >= 11 is 0. The van der Waals surface area contributed by atoms with Crippen LogP contribution in [0.4, 0.5) is 0 Å². The second-order valence-corrected chi connectivity index (χ2v) is 4.79. The number of methoxy groups -OCH3 is 2. The second kappa shape index (κ2) is 6.41. The van der Waals surface area contributed by atoms with E-state index in [4.69, 9.17) is 9.47 Å². The van der Waals surface area contributed by atoms with Crippen molar-refractivity contribution in [3.8, 4) is 11.5 Å². The third-order valence-corrected chi connectivity index (χ3v) is 3.50. The van der Waals surface area contributed by atoms with Gasteiger partial charge in [0.15, 0.2) is 5.78 Å². The zero-order valence-electron chi connectivity index (χ0n) is 11.6. The summed E-state index contributed by atoms with van der Waals surface area (Å²) in [7, 11) is 3.17. The largest absolute Gasteiger partial charge is 0.497 e. The van der Waals surface area contributed by atoms with Gasteiger partial charge in [-0.1, -0.05) is 12.0 Å². The number of carbonyl (C=O) groups is 1. The van der Waals surface area contributed by atoms with Crippen molar-refractivity contribution in [2.24, 2.45) is 0 Å². The number of hydrogen-bond donors (Lipinski definition) is 0. The molecule has 2 rings (SSSR count). The summed E-state index contributed by atoms with van der Waals surface area (Å²) in [6.07, 6.45) is 7.50. The molecular formula is C16H20O3. The zero-order chi connectivity index (χ0) is 13.7. The molecule has 0 atom stereocenters. The number of carbonyl (C=O) groups excluding carboxylic acids is 1. The molecule has 0 bridgehead atoms. The van der Waals surface area contributed by atoms with E-state index in [-0.39, 0.29) is 5.78 Å². The van der Waals surface area contributed by atoms with Gasteiger partial charge in [-0.25, -0.2) is 0 Å². The number of ether oxygens (including phenoxy) is 2. The average Bonchev–Trinajstić information content (AvgIpc) is 2.47. The molecule has 0 spiro atoms. The van der Waals surface area contributed by atoms with Crippen LogP contribution in [0.3, 0.4) is 0 Å². The highest BCUT2D eigenvalue weighted by Crippen LogP contribution is 2.27. The van der Waals surface area contributed by atoms with Crippen molar-refractivity contribution in [1.82, 2.24) is 0 Å². The SMILES string of the molecule is COc1ccc(OC)c(C(=O)C=C2CCCCC2)c1. The molecule has 0 aromatic heterocycles. The zero-order valence-corrected chi connectivity index (χ0v) is 11.6. The maximum atomic E-state index is 12.3. The fourth-order valence-corrected chi connectivity index (χ4v) is 2.42. The van der Waals surface area contributed by atoms with Gasteiger partial charge in [0.25, 0.3) is 0 Å². The van der Waals surface area contributed by atoms with E-state index in [2.05, 4.69) is 0 Å². The van der Waals surface area contributed by atoms with E-state index in [9.17, 15) is 4.79 Å². The second-order valence-electron chi connectivity index (χ2n) is 4.79. The van der Waals surface area contributed by atoms with Crippen LogP contribution in [0.2, 0.25) is 0 Å². The van der Waals surface area contributed by atoms with Crippen molar-refractivity contribution < 1.29 is 14.3 Å². The van der Waals surface area contributed by atoms with Crippen molar-refractivity contribution in [2.75, 3.05) is 14.2 Å². The summed E-state index contributed by atoms with van der Waals surface area (Å²) in [5, 5.41) is 0. The molecule has 102 valence electrons. The van der Waals surface area contributed by atoms with Gasteiger partial charge in [0.2, 0.25) is 0 Å². The van der Waals surface area contributed by atoms with Gasteiger partial charge in [-0.15, -0.1) is 0 Å². The van der Waals surface area contributed by atoms with Crippen LogP contribution in [0.25, 0.3) is 0 Å². The molecule has 1 aromatic carbocycles. The highest BCUT2D eigenvalue weighted by atomic mass is 16.5. The van der Waals surface area contributed by atoms with Crippen LogP contribution >= 0.6 is 0 Å². The first-order valence-electron chi connectivity index (χ1n) is 6.70. The van der Waals surface area contributed by atoms with Crippen molar-refractivity contribution in [1.29, 1.82) is 0 Å². The Morgan fingerprint density at radius 1 is 1.11 bits per heavy atom. The fraction of sp³-hybridized carbons (Fsp3) is 0.438. The monoisotopic (exact) mass is 260 g/mol. The van der Waals surface area contributed by atoms with Gasteiger partial charge >= 0.3 is 0 Å². The lowest BCUT2D eigenvalue weighted by Crippen LogP contribution is -2.03. The van der Waals surface area contributed by atoms with E-state index in [1.807, 2.05) is 0 Å². The van der Waals surface area contributed by atoms with E-state index in [1.165, 1.54) is 24.8 Å². The molecule has 0 radical (unpaired) electrons. The van der Waals surface area contributed by atoms with E-state index in [1.54, 1.807) is 38.5 Å². The van der Waals surface area contributed by atoms with Crippen LogP contribution in [-0.4, -0.2) is 20.0 Å². The van der Waals surface area contributed by atoms with Gasteiger partial charge in [-0.2, -0.15) is 0 Å². The quantitative estimate of drug-likeness (QED) is 0.610. The molecule has 3 nitrogen and oxygen atoms in total. The molecule has 0 saturated heterocycles. The molecular weight excluding hydrogens is 240 g/mol. The van der Waals surface area contributed by atoms with Crippen LogP contribution in [0.15, 0.2) is 29.8 Å². The lowest BCUT2D eigenvalue weighted by Gasteiger charge is -2.13. The Labute approximate surface area is 114 Å². The molecule has 1 saturated carbocycles. The summed E-state index contributed by atoms with van der Waals surface area (Å²) in [6.45, 7) is 0. The van der Waals surface area contributed by atoms with E-state index >= 15 is 0 Å². The molecule has 3 heteroatoms. The topological polar surface area (TPSA) is 35.5 Å². The van der Waals surface area contributed by atoms with Crippen molar-refractivity contribution in [3.63, 3.8) is 0 Å². The number of hydrogen-bond acceptors (Lipinski definition) is 3. The highest BCUT2D eigenvalue weighted by molar-refractivity contribution is 6.07. The number of rotatable bonds is 4. The Bertz CT molecular complexity index is 481. The van der Waals surface area contributed by atoms with Gasteiger partial charge < -0.3 is 9.47 Å². The molecule has 0 heterocycles. The Kier molecular flexibility index (Phi) is 4.61. The molecule has 0 unspecified atom stereocenters. The predicted molar refractivity (Wildman–Crippen MR) is 75.0 cm³/mol. The lowest BCUT2D eigenvalue weighted by atomic mass is 9.93. The Morgan fingerprint density at radius 3 is 2.47 bits per heavy atom. The number of ketones is 1. The van der Waals surface area contributed by atoms with Crippen LogP contribution in [0, 0.1) is 0 Å². The van der Waals surface area contributed by atoms with Gasteiger partial charge in [0.05, 0.1) is 19.8 Å². The first-order valence-corrected chi connectivity index (χ1v) is 6.70. The third kappa shape index (κ3) is 3.37. The molecule has 0 N–H and O–H groups in total. The number of benzene rings is 1. The normalized spacial score (nSPS) is 14.9. The van der Waals surface area contributed by atoms with Gasteiger partial charge in [0.1, 0.15) is 11.5 Å². The molecule has 0 amide bonds. The van der Waals surface area contributed by atoms with Crippen LogP contribution in [0.1, 0.15) is 42.5 Å².